The molecule has 0 aliphatic carbocycles. The van der Waals surface area contributed by atoms with Crippen LogP contribution in [0.1, 0.15) is 32.6 Å². The average Bonchev–Trinajstić information content (AvgIpc) is 2.38. The maximum atomic E-state index is 12.4. The molecule has 2 fully saturated rings. The number of carbonyl (C=O) groups is 2. The molecule has 2 rings (SSSR count). The van der Waals surface area contributed by atoms with Crippen LogP contribution in [0.2, 0.25) is 0 Å². The molecular weight excluding hydrogens is 230 g/mol. The van der Waals surface area contributed by atoms with E-state index in [0.29, 0.717) is 12.6 Å². The summed E-state index contributed by atoms with van der Waals surface area (Å²) in [6.07, 6.45) is 3.51. The van der Waals surface area contributed by atoms with Gasteiger partial charge >= 0.3 is 0 Å². The topological polar surface area (TPSA) is 75.4 Å². The highest BCUT2D eigenvalue weighted by molar-refractivity contribution is 5.81. The van der Waals surface area contributed by atoms with Crippen LogP contribution < -0.4 is 11.1 Å². The van der Waals surface area contributed by atoms with Gasteiger partial charge in [0.15, 0.2) is 0 Å². The molecule has 102 valence electrons. The summed E-state index contributed by atoms with van der Waals surface area (Å²) in [5, 5.41) is 3.35. The number of hydrogen-bond donors (Lipinski definition) is 2. The Morgan fingerprint density at radius 2 is 2.06 bits per heavy atom. The maximum Gasteiger partial charge on any atom is 0.225 e. The Morgan fingerprint density at radius 3 is 2.72 bits per heavy atom. The molecule has 0 aromatic heterocycles. The second-order valence-corrected chi connectivity index (χ2v) is 5.60. The molecule has 3 unspecified atom stereocenters. The van der Waals surface area contributed by atoms with Gasteiger partial charge in [-0.25, -0.2) is 0 Å². The molecule has 3 N–H and O–H groups in total. The number of nitrogens with zero attached hydrogens (tertiary/aromatic N) is 1. The Kier molecular flexibility index (Phi) is 4.22. The third-order valence-electron chi connectivity index (χ3n) is 4.11. The largest absolute Gasteiger partial charge is 0.369 e. The molecule has 0 bridgehead atoms. The van der Waals surface area contributed by atoms with Crippen molar-refractivity contribution in [1.29, 1.82) is 0 Å². The van der Waals surface area contributed by atoms with Crippen molar-refractivity contribution in [2.45, 2.75) is 38.6 Å². The lowest BCUT2D eigenvalue weighted by atomic mass is 9.90. The summed E-state index contributed by atoms with van der Waals surface area (Å²) in [4.78, 5) is 25.5. The summed E-state index contributed by atoms with van der Waals surface area (Å²) in [6, 6.07) is 0.407. The predicted octanol–water partition coefficient (Wildman–Crippen LogP) is 0.0984. The summed E-state index contributed by atoms with van der Waals surface area (Å²) in [6.45, 7) is 4.32. The zero-order valence-corrected chi connectivity index (χ0v) is 11.0. The maximum absolute atomic E-state index is 12.4. The van der Waals surface area contributed by atoms with Gasteiger partial charge in [-0.3, -0.25) is 9.59 Å². The van der Waals surface area contributed by atoms with Crippen molar-refractivity contribution >= 4 is 11.8 Å². The number of hydrogen-bond acceptors (Lipinski definition) is 3. The molecule has 0 aromatic rings. The molecule has 3 atom stereocenters. The third-order valence-corrected chi connectivity index (χ3v) is 4.11. The van der Waals surface area contributed by atoms with Gasteiger partial charge in [-0.2, -0.15) is 0 Å². The highest BCUT2D eigenvalue weighted by Crippen LogP contribution is 2.23. The van der Waals surface area contributed by atoms with Crippen molar-refractivity contribution in [3.63, 3.8) is 0 Å². The molecule has 0 spiro atoms. The van der Waals surface area contributed by atoms with E-state index in [9.17, 15) is 9.59 Å². The normalized spacial score (nSPS) is 33.2. The smallest absolute Gasteiger partial charge is 0.225 e. The fraction of sp³-hybridized carbons (Fsp3) is 0.846. The fourth-order valence-electron chi connectivity index (χ4n) is 3.02. The van der Waals surface area contributed by atoms with Gasteiger partial charge in [-0.15, -0.1) is 0 Å². The lowest BCUT2D eigenvalue weighted by Gasteiger charge is -2.36. The van der Waals surface area contributed by atoms with Crippen LogP contribution in [0.4, 0.5) is 0 Å². The number of nitrogens with one attached hydrogen (secondary N) is 1. The third kappa shape index (κ3) is 3.02. The van der Waals surface area contributed by atoms with Crippen LogP contribution in [0.3, 0.4) is 0 Å². The summed E-state index contributed by atoms with van der Waals surface area (Å²) < 4.78 is 0. The molecule has 0 saturated carbocycles. The SMILES string of the molecule is CC1CC(C(=O)N2CCCC(C(N)=O)C2)CCN1. The van der Waals surface area contributed by atoms with Crippen molar-refractivity contribution in [3.8, 4) is 0 Å². The molecule has 2 saturated heterocycles. The van der Waals surface area contributed by atoms with Crippen LogP contribution >= 0.6 is 0 Å². The van der Waals surface area contributed by atoms with Crippen molar-refractivity contribution in [1.82, 2.24) is 10.2 Å². The quantitative estimate of drug-likeness (QED) is 0.733. The zero-order chi connectivity index (χ0) is 13.1. The van der Waals surface area contributed by atoms with E-state index < -0.39 is 0 Å². The highest BCUT2D eigenvalue weighted by Gasteiger charge is 2.32. The number of amides is 2. The van der Waals surface area contributed by atoms with Gasteiger partial charge in [-0.05, 0) is 39.2 Å². The van der Waals surface area contributed by atoms with Crippen molar-refractivity contribution < 1.29 is 9.59 Å². The minimum absolute atomic E-state index is 0.118. The summed E-state index contributed by atoms with van der Waals surface area (Å²) in [7, 11) is 0. The summed E-state index contributed by atoms with van der Waals surface area (Å²) in [5.41, 5.74) is 5.34. The van der Waals surface area contributed by atoms with Gasteiger partial charge in [0.05, 0.1) is 5.92 Å². The Balaban J connectivity index is 1.93. The van der Waals surface area contributed by atoms with Crippen molar-refractivity contribution in [3.05, 3.63) is 0 Å². The number of rotatable bonds is 2. The first-order chi connectivity index (χ1) is 8.58. The van der Waals surface area contributed by atoms with Gasteiger partial charge in [0.1, 0.15) is 0 Å². The predicted molar refractivity (Wildman–Crippen MR) is 68.7 cm³/mol. The standard InChI is InChI=1S/C13H23N3O2/c1-9-7-10(4-5-15-9)13(18)16-6-2-3-11(8-16)12(14)17/h9-11,15H,2-8H2,1H3,(H2,14,17). The first-order valence-electron chi connectivity index (χ1n) is 6.89. The van der Waals surface area contributed by atoms with Crippen LogP contribution in [-0.4, -0.2) is 42.4 Å². The molecule has 0 radical (unpaired) electrons. The molecular formula is C13H23N3O2. The Labute approximate surface area is 108 Å². The van der Waals surface area contributed by atoms with E-state index >= 15 is 0 Å². The minimum Gasteiger partial charge on any atom is -0.369 e. The summed E-state index contributed by atoms with van der Waals surface area (Å²) >= 11 is 0. The van der Waals surface area contributed by atoms with Crippen LogP contribution in [0.15, 0.2) is 0 Å². The average molecular weight is 253 g/mol. The van der Waals surface area contributed by atoms with E-state index in [-0.39, 0.29) is 23.7 Å². The summed E-state index contributed by atoms with van der Waals surface area (Å²) in [5.74, 6) is -0.0878. The molecule has 5 heteroatoms. The fourth-order valence-corrected chi connectivity index (χ4v) is 3.02. The van der Waals surface area contributed by atoms with Crippen LogP contribution in [0, 0.1) is 11.8 Å². The van der Waals surface area contributed by atoms with Crippen LogP contribution in [0.5, 0.6) is 0 Å². The van der Waals surface area contributed by atoms with Crippen LogP contribution in [-0.2, 0) is 9.59 Å². The molecule has 0 aromatic carbocycles. The molecule has 18 heavy (non-hydrogen) atoms. The van der Waals surface area contributed by atoms with E-state index in [2.05, 4.69) is 12.2 Å². The second kappa shape index (κ2) is 5.69. The Bertz CT molecular complexity index is 332. The van der Waals surface area contributed by atoms with E-state index in [1.54, 1.807) is 0 Å². The first kappa shape index (κ1) is 13.3. The number of carbonyl (C=O) groups excluding carboxylic acids is 2. The van der Waals surface area contributed by atoms with Gasteiger partial charge in [0.25, 0.3) is 0 Å². The van der Waals surface area contributed by atoms with Crippen molar-refractivity contribution in [2.75, 3.05) is 19.6 Å². The monoisotopic (exact) mass is 253 g/mol. The minimum atomic E-state index is -0.272. The zero-order valence-electron chi connectivity index (χ0n) is 11.0. The van der Waals surface area contributed by atoms with Crippen molar-refractivity contribution in [2.24, 2.45) is 17.6 Å². The lowest BCUT2D eigenvalue weighted by Crippen LogP contribution is -2.49. The number of nitrogens with two attached hydrogens (primary N) is 1. The van der Waals surface area contributed by atoms with Gasteiger partial charge < -0.3 is 16.0 Å². The Hall–Kier alpha value is -1.10. The number of piperidine rings is 2. The lowest BCUT2D eigenvalue weighted by molar-refractivity contribution is -0.139. The molecule has 2 aliphatic rings. The van der Waals surface area contributed by atoms with E-state index in [4.69, 9.17) is 5.73 Å². The molecule has 5 nitrogen and oxygen atoms in total. The molecule has 2 heterocycles. The van der Waals surface area contributed by atoms with E-state index in [0.717, 1.165) is 38.8 Å². The Morgan fingerprint density at radius 1 is 1.28 bits per heavy atom. The van der Waals surface area contributed by atoms with Gasteiger partial charge in [0, 0.05) is 25.0 Å². The van der Waals surface area contributed by atoms with E-state index in [1.165, 1.54) is 0 Å². The number of likely N-dealkylation sites (tertiary alicyclic amines) is 1. The molecule has 2 amide bonds. The van der Waals surface area contributed by atoms with Crippen LogP contribution in [0.25, 0.3) is 0 Å². The van der Waals surface area contributed by atoms with E-state index in [1.807, 2.05) is 4.90 Å². The molecule has 2 aliphatic heterocycles. The first-order valence-corrected chi connectivity index (χ1v) is 6.89. The van der Waals surface area contributed by atoms with Gasteiger partial charge in [0.2, 0.25) is 11.8 Å². The van der Waals surface area contributed by atoms with Gasteiger partial charge in [-0.1, -0.05) is 0 Å². The highest BCUT2D eigenvalue weighted by atomic mass is 16.2. The second-order valence-electron chi connectivity index (χ2n) is 5.60. The number of primary amides is 1.